The Morgan fingerprint density at radius 2 is 2.00 bits per heavy atom. The Balaban J connectivity index is 1.58. The molecule has 1 aromatic heterocycles. The molecular weight excluding hydrogens is 312 g/mol. The van der Waals surface area contributed by atoms with Gasteiger partial charge in [-0.25, -0.2) is 0 Å². The highest BCUT2D eigenvalue weighted by molar-refractivity contribution is 7.07. The highest BCUT2D eigenvalue weighted by atomic mass is 32.1. The maximum atomic E-state index is 12.6. The van der Waals surface area contributed by atoms with Crippen molar-refractivity contribution in [2.75, 3.05) is 13.1 Å². The van der Waals surface area contributed by atoms with E-state index in [1.807, 2.05) is 0 Å². The van der Waals surface area contributed by atoms with Crippen molar-refractivity contribution >= 4 is 23.3 Å². The molecule has 2 fully saturated rings. The van der Waals surface area contributed by atoms with E-state index < -0.39 is 0 Å². The largest absolute Gasteiger partial charge is 0.354 e. The molecule has 1 atom stereocenters. The van der Waals surface area contributed by atoms with Crippen LogP contribution in [0.4, 0.5) is 0 Å². The van der Waals surface area contributed by atoms with Crippen LogP contribution < -0.4 is 5.32 Å². The van der Waals surface area contributed by atoms with Crippen LogP contribution in [0.3, 0.4) is 0 Å². The van der Waals surface area contributed by atoms with Crippen molar-refractivity contribution < 1.29 is 9.59 Å². The van der Waals surface area contributed by atoms with Crippen LogP contribution in [0.2, 0.25) is 0 Å². The van der Waals surface area contributed by atoms with Gasteiger partial charge in [-0.05, 0) is 50.1 Å². The van der Waals surface area contributed by atoms with Crippen molar-refractivity contribution in [1.29, 1.82) is 0 Å². The molecule has 1 aliphatic carbocycles. The van der Waals surface area contributed by atoms with Gasteiger partial charge in [-0.3, -0.25) is 9.59 Å². The summed E-state index contributed by atoms with van der Waals surface area (Å²) in [7, 11) is 0. The second-order valence-corrected chi connectivity index (χ2v) is 7.35. The van der Waals surface area contributed by atoms with Crippen molar-refractivity contribution in [3.8, 4) is 0 Å². The molecule has 3 rings (SSSR count). The number of likely N-dealkylation sites (tertiary alicyclic amines) is 1. The van der Waals surface area contributed by atoms with E-state index >= 15 is 0 Å². The number of amides is 2. The van der Waals surface area contributed by atoms with E-state index in [0.717, 1.165) is 30.9 Å². The van der Waals surface area contributed by atoms with Gasteiger partial charge in [0.25, 0.3) is 5.91 Å². The lowest BCUT2D eigenvalue weighted by Gasteiger charge is -2.26. The van der Waals surface area contributed by atoms with Crippen LogP contribution in [0, 0.1) is 12.8 Å². The molecule has 1 saturated carbocycles. The number of aryl methyl sites for hydroxylation is 1. The standard InChI is InChI=1S/C16H24N4O2S/c1-11-14(23-19-18-11)16(22)20-9-5-8-13(20)15(21)17-10-12-6-3-2-4-7-12/h12-13H,2-10H2,1H3,(H,17,21). The van der Waals surface area contributed by atoms with Gasteiger partial charge in [0.1, 0.15) is 10.9 Å². The Bertz CT molecular complexity index is 568. The zero-order valence-electron chi connectivity index (χ0n) is 13.6. The Morgan fingerprint density at radius 3 is 2.70 bits per heavy atom. The topological polar surface area (TPSA) is 75.2 Å². The van der Waals surface area contributed by atoms with E-state index in [1.165, 1.54) is 32.1 Å². The molecule has 0 aromatic carbocycles. The molecule has 2 heterocycles. The third-order valence-electron chi connectivity index (χ3n) is 4.95. The highest BCUT2D eigenvalue weighted by Crippen LogP contribution is 2.24. The van der Waals surface area contributed by atoms with E-state index in [-0.39, 0.29) is 17.9 Å². The molecule has 7 heteroatoms. The minimum Gasteiger partial charge on any atom is -0.354 e. The Labute approximate surface area is 140 Å². The summed E-state index contributed by atoms with van der Waals surface area (Å²) in [6, 6.07) is -0.340. The summed E-state index contributed by atoms with van der Waals surface area (Å²) < 4.78 is 3.83. The number of nitrogens with one attached hydrogen (secondary N) is 1. The predicted molar refractivity (Wildman–Crippen MR) is 88.3 cm³/mol. The summed E-state index contributed by atoms with van der Waals surface area (Å²) in [5.74, 6) is 0.496. The molecule has 1 unspecified atom stereocenters. The zero-order chi connectivity index (χ0) is 16.2. The van der Waals surface area contributed by atoms with Crippen LogP contribution in [0.1, 0.15) is 60.3 Å². The first-order chi connectivity index (χ1) is 11.2. The van der Waals surface area contributed by atoms with Crippen LogP contribution in [-0.2, 0) is 4.79 Å². The van der Waals surface area contributed by atoms with Crippen molar-refractivity contribution in [2.45, 2.75) is 57.9 Å². The lowest BCUT2D eigenvalue weighted by atomic mass is 9.89. The first kappa shape index (κ1) is 16.4. The van der Waals surface area contributed by atoms with Gasteiger partial charge >= 0.3 is 0 Å². The van der Waals surface area contributed by atoms with Gasteiger partial charge in [-0.1, -0.05) is 23.8 Å². The Hall–Kier alpha value is -1.50. The van der Waals surface area contributed by atoms with Gasteiger partial charge in [-0.2, -0.15) is 0 Å². The summed E-state index contributed by atoms with van der Waals surface area (Å²) in [6.07, 6.45) is 7.89. The predicted octanol–water partition coefficient (Wildman–Crippen LogP) is 2.15. The fraction of sp³-hybridized carbons (Fsp3) is 0.750. The Morgan fingerprint density at radius 1 is 1.22 bits per heavy atom. The fourth-order valence-electron chi connectivity index (χ4n) is 3.59. The van der Waals surface area contributed by atoms with E-state index in [1.54, 1.807) is 11.8 Å². The van der Waals surface area contributed by atoms with E-state index in [2.05, 4.69) is 14.9 Å². The number of nitrogens with zero attached hydrogens (tertiary/aromatic N) is 3. The van der Waals surface area contributed by atoms with Crippen LogP contribution in [0.25, 0.3) is 0 Å². The lowest BCUT2D eigenvalue weighted by Crippen LogP contribution is -2.47. The lowest BCUT2D eigenvalue weighted by molar-refractivity contribution is -0.125. The van der Waals surface area contributed by atoms with Crippen LogP contribution in [-0.4, -0.2) is 45.4 Å². The average Bonchev–Trinajstić information content (AvgIpc) is 3.22. The average molecular weight is 336 g/mol. The number of aromatic nitrogens is 2. The quantitative estimate of drug-likeness (QED) is 0.914. The van der Waals surface area contributed by atoms with E-state index in [0.29, 0.717) is 23.0 Å². The molecule has 6 nitrogen and oxygen atoms in total. The van der Waals surface area contributed by atoms with Crippen molar-refractivity contribution in [2.24, 2.45) is 5.92 Å². The van der Waals surface area contributed by atoms with E-state index in [9.17, 15) is 9.59 Å². The molecule has 1 saturated heterocycles. The van der Waals surface area contributed by atoms with Crippen molar-refractivity contribution in [1.82, 2.24) is 19.8 Å². The molecule has 1 N–H and O–H groups in total. The zero-order valence-corrected chi connectivity index (χ0v) is 14.4. The minimum atomic E-state index is -0.340. The molecule has 126 valence electrons. The fourth-order valence-corrected chi connectivity index (χ4v) is 4.21. The number of hydrogen-bond acceptors (Lipinski definition) is 5. The number of hydrogen-bond donors (Lipinski definition) is 1. The van der Waals surface area contributed by atoms with Crippen LogP contribution in [0.5, 0.6) is 0 Å². The summed E-state index contributed by atoms with van der Waals surface area (Å²) in [5, 5.41) is 6.98. The number of carbonyl (C=O) groups excluding carboxylic acids is 2. The minimum absolute atomic E-state index is 0.00319. The summed E-state index contributed by atoms with van der Waals surface area (Å²) >= 11 is 1.11. The maximum Gasteiger partial charge on any atom is 0.268 e. The van der Waals surface area contributed by atoms with Gasteiger partial charge in [0, 0.05) is 13.1 Å². The second kappa shape index (κ2) is 7.38. The highest BCUT2D eigenvalue weighted by Gasteiger charge is 2.36. The van der Waals surface area contributed by atoms with Gasteiger partial charge in [0.2, 0.25) is 5.91 Å². The van der Waals surface area contributed by atoms with E-state index in [4.69, 9.17) is 0 Å². The normalized spacial score (nSPS) is 22.3. The number of carbonyl (C=O) groups is 2. The maximum absolute atomic E-state index is 12.6. The molecule has 1 aromatic rings. The Kier molecular flexibility index (Phi) is 5.25. The van der Waals surface area contributed by atoms with Crippen molar-refractivity contribution in [3.05, 3.63) is 10.6 Å². The van der Waals surface area contributed by atoms with Gasteiger partial charge in [0.15, 0.2) is 0 Å². The molecule has 23 heavy (non-hydrogen) atoms. The molecular formula is C16H24N4O2S. The number of rotatable bonds is 4. The third-order valence-corrected chi connectivity index (χ3v) is 5.77. The molecule has 2 aliphatic rings. The summed E-state index contributed by atoms with van der Waals surface area (Å²) in [4.78, 5) is 27.4. The van der Waals surface area contributed by atoms with Gasteiger partial charge in [-0.15, -0.1) is 5.10 Å². The van der Waals surface area contributed by atoms with Gasteiger partial charge in [0.05, 0.1) is 5.69 Å². The second-order valence-electron chi connectivity index (χ2n) is 6.59. The van der Waals surface area contributed by atoms with Gasteiger partial charge < -0.3 is 10.2 Å². The molecule has 1 aliphatic heterocycles. The molecule has 2 amide bonds. The summed E-state index contributed by atoms with van der Waals surface area (Å²) in [6.45, 7) is 3.17. The first-order valence-corrected chi connectivity index (χ1v) is 9.32. The van der Waals surface area contributed by atoms with Crippen LogP contribution in [0.15, 0.2) is 0 Å². The summed E-state index contributed by atoms with van der Waals surface area (Å²) in [5.41, 5.74) is 0.647. The molecule has 0 bridgehead atoms. The first-order valence-electron chi connectivity index (χ1n) is 8.54. The van der Waals surface area contributed by atoms with Crippen LogP contribution >= 0.6 is 11.5 Å². The van der Waals surface area contributed by atoms with Crippen molar-refractivity contribution in [3.63, 3.8) is 0 Å². The SMILES string of the molecule is Cc1nnsc1C(=O)N1CCCC1C(=O)NCC1CCCCC1. The monoisotopic (exact) mass is 336 g/mol. The molecule has 0 radical (unpaired) electrons. The third kappa shape index (κ3) is 3.71. The smallest absolute Gasteiger partial charge is 0.268 e. The molecule has 0 spiro atoms.